The first-order chi connectivity index (χ1) is 14.4. The van der Waals surface area contributed by atoms with E-state index in [0.717, 1.165) is 27.0 Å². The molecule has 4 rings (SSSR count). The number of hydrogen-bond donors (Lipinski definition) is 1. The summed E-state index contributed by atoms with van der Waals surface area (Å²) in [5.41, 5.74) is 2.94. The molecule has 0 saturated carbocycles. The van der Waals surface area contributed by atoms with E-state index in [-0.39, 0.29) is 5.91 Å². The lowest BCUT2D eigenvalue weighted by molar-refractivity contribution is -0.129. The molecule has 0 aliphatic rings. The van der Waals surface area contributed by atoms with Gasteiger partial charge in [-0.2, -0.15) is 10.2 Å². The second-order valence-electron chi connectivity index (χ2n) is 7.49. The van der Waals surface area contributed by atoms with Gasteiger partial charge in [0.05, 0.1) is 22.1 Å². The third kappa shape index (κ3) is 4.07. The standard InChI is InChI=1S/C23H22BrN5O/c1-23(2,29-16-19(24)14-26-29)22(30)25-13-18-15-28(20-11-7-4-8-12-20)27-21(18)17-9-5-3-6-10-17/h3-12,14-16H,13H2,1-2H3,(H,25,30). The topological polar surface area (TPSA) is 64.7 Å². The van der Waals surface area contributed by atoms with Crippen LogP contribution in [0.1, 0.15) is 19.4 Å². The van der Waals surface area contributed by atoms with Crippen LogP contribution in [0.15, 0.2) is 83.7 Å². The van der Waals surface area contributed by atoms with Crippen molar-refractivity contribution in [1.82, 2.24) is 24.9 Å². The molecule has 30 heavy (non-hydrogen) atoms. The fourth-order valence-corrected chi connectivity index (χ4v) is 3.48. The van der Waals surface area contributed by atoms with Crippen LogP contribution in [0.3, 0.4) is 0 Å². The summed E-state index contributed by atoms with van der Waals surface area (Å²) in [4.78, 5) is 13.0. The Morgan fingerprint density at radius 1 is 1.03 bits per heavy atom. The van der Waals surface area contributed by atoms with Crippen molar-refractivity contribution in [1.29, 1.82) is 0 Å². The summed E-state index contributed by atoms with van der Waals surface area (Å²) in [7, 11) is 0. The van der Waals surface area contributed by atoms with E-state index < -0.39 is 5.54 Å². The largest absolute Gasteiger partial charge is 0.350 e. The van der Waals surface area contributed by atoms with Gasteiger partial charge in [0.25, 0.3) is 0 Å². The Balaban J connectivity index is 1.61. The molecular weight excluding hydrogens is 442 g/mol. The average molecular weight is 464 g/mol. The van der Waals surface area contributed by atoms with Crippen molar-refractivity contribution in [3.8, 4) is 16.9 Å². The molecular formula is C23H22BrN5O. The highest BCUT2D eigenvalue weighted by atomic mass is 79.9. The van der Waals surface area contributed by atoms with Crippen molar-refractivity contribution in [3.63, 3.8) is 0 Å². The van der Waals surface area contributed by atoms with Gasteiger partial charge >= 0.3 is 0 Å². The number of rotatable bonds is 6. The third-order valence-electron chi connectivity index (χ3n) is 4.98. The van der Waals surface area contributed by atoms with Crippen LogP contribution in [0.25, 0.3) is 16.9 Å². The first-order valence-corrected chi connectivity index (χ1v) is 10.4. The maximum Gasteiger partial charge on any atom is 0.247 e. The number of halogens is 1. The average Bonchev–Trinajstić information content (AvgIpc) is 3.40. The van der Waals surface area contributed by atoms with Gasteiger partial charge in [0.2, 0.25) is 5.91 Å². The summed E-state index contributed by atoms with van der Waals surface area (Å²) in [6.07, 6.45) is 5.43. The second kappa shape index (κ2) is 8.28. The number of hydrogen-bond acceptors (Lipinski definition) is 3. The van der Waals surface area contributed by atoms with Crippen molar-refractivity contribution in [2.24, 2.45) is 0 Å². The van der Waals surface area contributed by atoms with E-state index in [1.54, 1.807) is 17.1 Å². The van der Waals surface area contributed by atoms with Crippen LogP contribution in [0.4, 0.5) is 0 Å². The van der Waals surface area contributed by atoms with Gasteiger partial charge in [-0.25, -0.2) is 4.68 Å². The van der Waals surface area contributed by atoms with Crippen molar-refractivity contribution in [2.75, 3.05) is 0 Å². The van der Waals surface area contributed by atoms with Crippen LogP contribution >= 0.6 is 15.9 Å². The zero-order valence-electron chi connectivity index (χ0n) is 16.8. The smallest absolute Gasteiger partial charge is 0.247 e. The molecule has 0 fully saturated rings. The zero-order valence-corrected chi connectivity index (χ0v) is 18.4. The Hall–Kier alpha value is -3.19. The number of benzene rings is 2. The number of carbonyl (C=O) groups excluding carboxylic acids is 1. The van der Waals surface area contributed by atoms with Crippen molar-refractivity contribution in [2.45, 2.75) is 25.9 Å². The molecule has 1 amide bonds. The van der Waals surface area contributed by atoms with Crippen LogP contribution in [-0.2, 0) is 16.9 Å². The van der Waals surface area contributed by atoms with E-state index in [2.05, 4.69) is 26.3 Å². The minimum absolute atomic E-state index is 0.121. The van der Waals surface area contributed by atoms with Crippen LogP contribution in [0.5, 0.6) is 0 Å². The maximum atomic E-state index is 13.0. The SMILES string of the molecule is CC(C)(C(=O)NCc1cn(-c2ccccc2)nc1-c1ccccc1)n1cc(Br)cn1. The highest BCUT2D eigenvalue weighted by Gasteiger charge is 2.30. The fourth-order valence-electron chi connectivity index (χ4n) is 3.19. The lowest BCUT2D eigenvalue weighted by Gasteiger charge is -2.24. The number of carbonyl (C=O) groups is 1. The van der Waals surface area contributed by atoms with Crippen molar-refractivity contribution >= 4 is 21.8 Å². The minimum Gasteiger partial charge on any atom is -0.350 e. The zero-order chi connectivity index (χ0) is 21.1. The summed E-state index contributed by atoms with van der Waals surface area (Å²) in [6, 6.07) is 19.9. The van der Waals surface area contributed by atoms with Crippen molar-refractivity contribution < 1.29 is 4.79 Å². The highest BCUT2D eigenvalue weighted by molar-refractivity contribution is 9.10. The number of aromatic nitrogens is 4. The van der Waals surface area contributed by atoms with Gasteiger partial charge in [0, 0.05) is 30.1 Å². The predicted molar refractivity (Wildman–Crippen MR) is 120 cm³/mol. The summed E-state index contributed by atoms with van der Waals surface area (Å²) >= 11 is 3.38. The van der Waals surface area contributed by atoms with E-state index in [9.17, 15) is 4.79 Å². The Morgan fingerprint density at radius 2 is 1.70 bits per heavy atom. The molecule has 2 aromatic carbocycles. The first-order valence-electron chi connectivity index (χ1n) is 9.63. The molecule has 0 spiro atoms. The lowest BCUT2D eigenvalue weighted by Crippen LogP contribution is -2.44. The van der Waals surface area contributed by atoms with E-state index in [1.165, 1.54) is 0 Å². The molecule has 2 aromatic heterocycles. The van der Waals surface area contributed by atoms with Gasteiger partial charge in [0.15, 0.2) is 0 Å². The monoisotopic (exact) mass is 463 g/mol. The Bertz CT molecular complexity index is 1150. The molecule has 0 radical (unpaired) electrons. The first kappa shape index (κ1) is 20.1. The Kier molecular flexibility index (Phi) is 5.55. The molecule has 1 N–H and O–H groups in total. The van der Waals surface area contributed by atoms with Gasteiger partial charge in [0.1, 0.15) is 5.54 Å². The Morgan fingerprint density at radius 3 is 2.33 bits per heavy atom. The molecule has 6 nitrogen and oxygen atoms in total. The van der Waals surface area contributed by atoms with Gasteiger partial charge in [-0.15, -0.1) is 0 Å². The van der Waals surface area contributed by atoms with Crippen LogP contribution in [0, 0.1) is 0 Å². The molecule has 152 valence electrons. The summed E-state index contributed by atoms with van der Waals surface area (Å²) < 4.78 is 4.33. The van der Waals surface area contributed by atoms with Gasteiger partial charge in [-0.05, 0) is 41.9 Å². The van der Waals surface area contributed by atoms with Crippen LogP contribution in [0.2, 0.25) is 0 Å². The highest BCUT2D eigenvalue weighted by Crippen LogP contribution is 2.24. The maximum absolute atomic E-state index is 13.0. The minimum atomic E-state index is -0.825. The molecule has 0 unspecified atom stereocenters. The third-order valence-corrected chi connectivity index (χ3v) is 5.39. The lowest BCUT2D eigenvalue weighted by atomic mass is 10.0. The van der Waals surface area contributed by atoms with Crippen LogP contribution < -0.4 is 5.32 Å². The molecule has 0 bridgehead atoms. The van der Waals surface area contributed by atoms with Gasteiger partial charge in [-0.3, -0.25) is 9.48 Å². The van der Waals surface area contributed by atoms with E-state index in [0.29, 0.717) is 6.54 Å². The van der Waals surface area contributed by atoms with Gasteiger partial charge in [-0.1, -0.05) is 48.5 Å². The van der Waals surface area contributed by atoms with Crippen LogP contribution in [-0.4, -0.2) is 25.5 Å². The van der Waals surface area contributed by atoms with E-state index >= 15 is 0 Å². The number of amides is 1. The molecule has 2 heterocycles. The van der Waals surface area contributed by atoms with Gasteiger partial charge < -0.3 is 5.32 Å². The number of nitrogens with zero attached hydrogens (tertiary/aromatic N) is 4. The quantitative estimate of drug-likeness (QED) is 0.456. The second-order valence-corrected chi connectivity index (χ2v) is 8.41. The molecule has 0 atom stereocenters. The molecule has 7 heteroatoms. The molecule has 0 saturated heterocycles. The number of nitrogens with one attached hydrogen (secondary N) is 1. The fraction of sp³-hybridized carbons (Fsp3) is 0.174. The molecule has 0 aliphatic carbocycles. The predicted octanol–water partition coefficient (Wildman–Crippen LogP) is 4.55. The summed E-state index contributed by atoms with van der Waals surface area (Å²) in [6.45, 7) is 4.04. The summed E-state index contributed by atoms with van der Waals surface area (Å²) in [5.74, 6) is -0.121. The van der Waals surface area contributed by atoms with E-state index in [1.807, 2.05) is 85.4 Å². The Labute approximate surface area is 183 Å². The summed E-state index contributed by atoms with van der Waals surface area (Å²) in [5, 5.41) is 12.1. The normalized spacial score (nSPS) is 11.4. The number of para-hydroxylation sites is 1. The van der Waals surface area contributed by atoms with Crippen molar-refractivity contribution in [3.05, 3.63) is 89.3 Å². The molecule has 4 aromatic rings. The van der Waals surface area contributed by atoms with E-state index in [4.69, 9.17) is 5.10 Å². The molecule has 0 aliphatic heterocycles.